The first kappa shape index (κ1) is 23.2. The van der Waals surface area contributed by atoms with Crippen molar-refractivity contribution in [2.45, 2.75) is 66.7 Å². The standard InChI is InChI=1S/C11H20O4.C6H15N/c1-8(10(12)13)6-4-3-5-7-9(2)11(14)15;1-4-7(5-2)6-3/h8-9H,3-7H2,1-2H3,(H,12,13)(H,14,15);4-6H2,1-3H3. The van der Waals surface area contributed by atoms with E-state index in [1.54, 1.807) is 13.8 Å². The Bertz CT molecular complexity index is 263. The van der Waals surface area contributed by atoms with Gasteiger partial charge in [0.15, 0.2) is 0 Å². The summed E-state index contributed by atoms with van der Waals surface area (Å²) < 4.78 is 0. The molecular formula is C17H35NO4. The molecule has 0 amide bonds. The number of hydrogen-bond donors (Lipinski definition) is 2. The van der Waals surface area contributed by atoms with Crippen LogP contribution in [-0.4, -0.2) is 46.7 Å². The van der Waals surface area contributed by atoms with Crippen molar-refractivity contribution < 1.29 is 19.8 Å². The fraction of sp³-hybridized carbons (Fsp3) is 0.882. The van der Waals surface area contributed by atoms with Crippen LogP contribution in [0.2, 0.25) is 0 Å². The summed E-state index contributed by atoms with van der Waals surface area (Å²) in [6, 6.07) is 0. The molecule has 22 heavy (non-hydrogen) atoms. The maximum atomic E-state index is 10.5. The summed E-state index contributed by atoms with van der Waals surface area (Å²) in [7, 11) is 0. The fourth-order valence-electron chi connectivity index (χ4n) is 2.00. The van der Waals surface area contributed by atoms with E-state index in [1.165, 1.54) is 19.6 Å². The maximum Gasteiger partial charge on any atom is 0.306 e. The quantitative estimate of drug-likeness (QED) is 0.568. The van der Waals surface area contributed by atoms with Gasteiger partial charge in [0.25, 0.3) is 0 Å². The van der Waals surface area contributed by atoms with Crippen molar-refractivity contribution in [2.24, 2.45) is 11.8 Å². The van der Waals surface area contributed by atoms with Gasteiger partial charge in [0.2, 0.25) is 0 Å². The number of aliphatic carboxylic acids is 2. The van der Waals surface area contributed by atoms with Gasteiger partial charge in [-0.1, -0.05) is 53.9 Å². The Labute approximate surface area is 135 Å². The fourth-order valence-corrected chi connectivity index (χ4v) is 2.00. The molecule has 0 heterocycles. The molecular weight excluding hydrogens is 282 g/mol. The minimum absolute atomic E-state index is 0.290. The molecule has 132 valence electrons. The zero-order valence-corrected chi connectivity index (χ0v) is 15.0. The average Bonchev–Trinajstić information content (AvgIpc) is 2.48. The van der Waals surface area contributed by atoms with Crippen LogP contribution in [0.5, 0.6) is 0 Å². The zero-order chi connectivity index (χ0) is 17.5. The lowest BCUT2D eigenvalue weighted by atomic mass is 9.99. The summed E-state index contributed by atoms with van der Waals surface area (Å²) in [4.78, 5) is 23.3. The first-order chi connectivity index (χ1) is 10.3. The van der Waals surface area contributed by atoms with Crippen molar-refractivity contribution in [1.82, 2.24) is 4.90 Å². The van der Waals surface area contributed by atoms with Crippen LogP contribution in [-0.2, 0) is 9.59 Å². The van der Waals surface area contributed by atoms with E-state index in [0.29, 0.717) is 12.8 Å². The van der Waals surface area contributed by atoms with Gasteiger partial charge in [-0.3, -0.25) is 9.59 Å². The Kier molecular flexibility index (Phi) is 15.6. The van der Waals surface area contributed by atoms with Gasteiger partial charge < -0.3 is 15.1 Å². The lowest BCUT2D eigenvalue weighted by molar-refractivity contribution is -0.142. The molecule has 0 aromatic heterocycles. The van der Waals surface area contributed by atoms with Gasteiger partial charge in [-0.25, -0.2) is 0 Å². The van der Waals surface area contributed by atoms with Crippen LogP contribution in [0.3, 0.4) is 0 Å². The second-order valence-corrected chi connectivity index (χ2v) is 5.74. The van der Waals surface area contributed by atoms with E-state index in [9.17, 15) is 9.59 Å². The molecule has 5 nitrogen and oxygen atoms in total. The van der Waals surface area contributed by atoms with E-state index in [0.717, 1.165) is 19.3 Å². The molecule has 0 spiro atoms. The zero-order valence-electron chi connectivity index (χ0n) is 15.0. The van der Waals surface area contributed by atoms with Gasteiger partial charge in [-0.05, 0) is 32.5 Å². The molecule has 5 heteroatoms. The molecule has 0 rings (SSSR count). The molecule has 2 unspecified atom stereocenters. The van der Waals surface area contributed by atoms with Crippen LogP contribution < -0.4 is 0 Å². The van der Waals surface area contributed by atoms with E-state index in [2.05, 4.69) is 25.7 Å². The van der Waals surface area contributed by atoms with Crippen LogP contribution >= 0.6 is 0 Å². The number of carboxylic acid groups (broad SMARTS) is 2. The third-order valence-electron chi connectivity index (χ3n) is 3.96. The first-order valence-corrected chi connectivity index (χ1v) is 8.47. The smallest absolute Gasteiger partial charge is 0.306 e. The predicted molar refractivity (Wildman–Crippen MR) is 90.1 cm³/mol. The number of carboxylic acids is 2. The third-order valence-corrected chi connectivity index (χ3v) is 3.96. The molecule has 0 aromatic carbocycles. The number of unbranched alkanes of at least 4 members (excludes halogenated alkanes) is 2. The van der Waals surface area contributed by atoms with Crippen LogP contribution in [0, 0.1) is 11.8 Å². The van der Waals surface area contributed by atoms with Crippen LogP contribution in [0.4, 0.5) is 0 Å². The average molecular weight is 317 g/mol. The van der Waals surface area contributed by atoms with Crippen molar-refractivity contribution in [3.8, 4) is 0 Å². The number of hydrogen-bond acceptors (Lipinski definition) is 3. The third kappa shape index (κ3) is 13.9. The summed E-state index contributed by atoms with van der Waals surface area (Å²) >= 11 is 0. The second kappa shape index (κ2) is 14.8. The number of carbonyl (C=O) groups is 2. The molecule has 0 aliphatic carbocycles. The Morgan fingerprint density at radius 2 is 1.09 bits per heavy atom. The highest BCUT2D eigenvalue weighted by atomic mass is 16.4. The molecule has 0 aliphatic rings. The minimum Gasteiger partial charge on any atom is -0.481 e. The lowest BCUT2D eigenvalue weighted by Crippen LogP contribution is -2.21. The highest BCUT2D eigenvalue weighted by Gasteiger charge is 2.11. The molecule has 0 fully saturated rings. The van der Waals surface area contributed by atoms with E-state index >= 15 is 0 Å². The van der Waals surface area contributed by atoms with E-state index in [4.69, 9.17) is 10.2 Å². The van der Waals surface area contributed by atoms with Crippen molar-refractivity contribution >= 4 is 11.9 Å². The Morgan fingerprint density at radius 3 is 1.27 bits per heavy atom. The van der Waals surface area contributed by atoms with Gasteiger partial charge in [0.1, 0.15) is 0 Å². The van der Waals surface area contributed by atoms with Gasteiger partial charge in [0, 0.05) is 0 Å². The molecule has 0 radical (unpaired) electrons. The van der Waals surface area contributed by atoms with Crippen molar-refractivity contribution in [3.63, 3.8) is 0 Å². The summed E-state index contributed by atoms with van der Waals surface area (Å²) in [6.45, 7) is 13.5. The highest BCUT2D eigenvalue weighted by molar-refractivity contribution is 5.69. The number of nitrogens with zero attached hydrogens (tertiary/aromatic N) is 1. The topological polar surface area (TPSA) is 77.8 Å². The second-order valence-electron chi connectivity index (χ2n) is 5.74. The summed E-state index contributed by atoms with van der Waals surface area (Å²) in [6.07, 6.45) is 3.99. The molecule has 0 aromatic rings. The number of rotatable bonds is 11. The predicted octanol–water partition coefficient (Wildman–Crippen LogP) is 3.73. The molecule has 2 N–H and O–H groups in total. The Hall–Kier alpha value is -1.10. The van der Waals surface area contributed by atoms with Crippen molar-refractivity contribution in [1.29, 1.82) is 0 Å². The Balaban J connectivity index is 0. The lowest BCUT2D eigenvalue weighted by Gasteiger charge is -2.13. The normalized spacial score (nSPS) is 13.2. The molecule has 0 bridgehead atoms. The van der Waals surface area contributed by atoms with E-state index in [-0.39, 0.29) is 11.8 Å². The van der Waals surface area contributed by atoms with Crippen LogP contribution in [0.1, 0.15) is 66.7 Å². The minimum atomic E-state index is -0.756. The van der Waals surface area contributed by atoms with Crippen molar-refractivity contribution in [3.05, 3.63) is 0 Å². The molecule has 0 saturated heterocycles. The molecule has 0 aliphatic heterocycles. The van der Waals surface area contributed by atoms with Crippen LogP contribution in [0.25, 0.3) is 0 Å². The van der Waals surface area contributed by atoms with Crippen LogP contribution in [0.15, 0.2) is 0 Å². The van der Waals surface area contributed by atoms with Gasteiger partial charge in [0.05, 0.1) is 11.8 Å². The van der Waals surface area contributed by atoms with Gasteiger partial charge in [-0.15, -0.1) is 0 Å². The molecule has 0 saturated carbocycles. The largest absolute Gasteiger partial charge is 0.481 e. The molecule has 2 atom stereocenters. The Morgan fingerprint density at radius 1 is 0.773 bits per heavy atom. The highest BCUT2D eigenvalue weighted by Crippen LogP contribution is 2.13. The van der Waals surface area contributed by atoms with Gasteiger partial charge >= 0.3 is 11.9 Å². The summed E-state index contributed by atoms with van der Waals surface area (Å²) in [5.74, 6) is -2.09. The summed E-state index contributed by atoms with van der Waals surface area (Å²) in [5.41, 5.74) is 0. The van der Waals surface area contributed by atoms with Crippen molar-refractivity contribution in [2.75, 3.05) is 19.6 Å². The van der Waals surface area contributed by atoms with E-state index < -0.39 is 11.9 Å². The van der Waals surface area contributed by atoms with Gasteiger partial charge in [-0.2, -0.15) is 0 Å². The monoisotopic (exact) mass is 317 g/mol. The van der Waals surface area contributed by atoms with E-state index in [1.807, 2.05) is 0 Å². The summed E-state index contributed by atoms with van der Waals surface area (Å²) in [5, 5.41) is 17.2. The first-order valence-electron chi connectivity index (χ1n) is 8.47. The maximum absolute atomic E-state index is 10.5. The SMILES string of the molecule is CC(CCCCCC(C)C(=O)O)C(=O)O.CCN(CC)CC.